The Kier molecular flexibility index (Phi) is 9.02. The second-order valence-corrected chi connectivity index (χ2v) is 15.5. The lowest BCUT2D eigenvalue weighted by atomic mass is 9.92. The molecule has 0 spiro atoms. The molecule has 5 N–H and O–H groups in total. The summed E-state index contributed by atoms with van der Waals surface area (Å²) in [4.78, 5) is 42.9. The topological polar surface area (TPSA) is 143 Å². The fourth-order valence-corrected chi connectivity index (χ4v) is 8.98. The molecule has 0 aromatic carbocycles. The number of fused-ring (bicyclic) bond motifs is 2. The highest BCUT2D eigenvalue weighted by molar-refractivity contribution is 5.90. The van der Waals surface area contributed by atoms with Gasteiger partial charge < -0.3 is 35.8 Å². The Bertz CT molecular complexity index is 1920. The number of methoxy groups -OCH3 is 1. The Morgan fingerprint density at radius 3 is 2.60 bits per heavy atom. The molecule has 4 aliphatic heterocycles. The first-order valence-corrected chi connectivity index (χ1v) is 18.7. The second kappa shape index (κ2) is 13.6. The third-order valence-corrected chi connectivity index (χ3v) is 12.1. The number of hydrogen-bond acceptors (Lipinski definition) is 9. The number of nitrogens with zero attached hydrogens (tertiary/aromatic N) is 5. The van der Waals surface area contributed by atoms with Gasteiger partial charge in [-0.1, -0.05) is 18.1 Å². The lowest BCUT2D eigenvalue weighted by Crippen LogP contribution is -2.62. The van der Waals surface area contributed by atoms with Gasteiger partial charge in [-0.2, -0.15) is 0 Å². The van der Waals surface area contributed by atoms with Crippen LogP contribution in [0.5, 0.6) is 0 Å². The van der Waals surface area contributed by atoms with Crippen LogP contribution in [0, 0.1) is 11.8 Å². The standard InChI is InChI=1S/C38H48F2N10O3/c1-6-30(51)48-15-23(9-8-20(48)3)46-36-33-26(25-10-22(25)17-53-5)13-42-37(33)50(19-45-36)29-11-24(16-49(21(29)4)31(52)7-2)47-35-32-27(28-12-38(28,39)40)14-41-34(32)43-18-44-35/h6-7,13-14,18-25,28-29,34,41,47H,1-2,8-12,15-17H2,3-5H3,(H2,42,43,44,46)/p+1/t20-,21-,22+,23+,24+,25-,28?,29?,34?/m0/s1. The molecule has 2 aliphatic carbocycles. The number of aromatic amines is 1. The van der Waals surface area contributed by atoms with Gasteiger partial charge in [0.1, 0.15) is 23.4 Å². The molecule has 2 amide bonds. The average molecular weight is 732 g/mol. The van der Waals surface area contributed by atoms with Gasteiger partial charge in [-0.15, -0.1) is 0 Å². The van der Waals surface area contributed by atoms with E-state index < -0.39 is 18.0 Å². The number of carbonyl (C=O) groups excluding carboxylic acids is 2. The molecule has 282 valence electrons. The SMILES string of the molecule is C=CC(=O)N1C[C@H](Nc2nc[n+](C3C[C@@H](NC4=C5C(C6CC6(F)F)=CNC5N=CN4)CN(C(=O)C=C)[C@H]3C)c3[nH]cc([C@H]4C[C@@H]4COC)c23)CC[C@@H]1C. The maximum atomic E-state index is 14.3. The summed E-state index contributed by atoms with van der Waals surface area (Å²) >= 11 is 0. The number of alkyl halides is 2. The molecule has 6 heterocycles. The highest BCUT2D eigenvalue weighted by atomic mass is 19.3. The Morgan fingerprint density at radius 2 is 1.87 bits per heavy atom. The Hall–Kier alpha value is -4.79. The van der Waals surface area contributed by atoms with E-state index in [-0.39, 0.29) is 48.4 Å². The monoisotopic (exact) mass is 731 g/mol. The number of hydrogen-bond donors (Lipinski definition) is 5. The fraction of sp³-hybridized carbons (Fsp3) is 0.553. The van der Waals surface area contributed by atoms with Gasteiger partial charge >= 0.3 is 0 Å². The maximum Gasteiger partial charge on any atom is 0.256 e. The summed E-state index contributed by atoms with van der Waals surface area (Å²) in [5, 5.41) is 14.6. The van der Waals surface area contributed by atoms with Gasteiger partial charge in [-0.05, 0) is 62.7 Å². The molecular weight excluding hydrogens is 682 g/mol. The molecule has 6 aliphatic rings. The van der Waals surface area contributed by atoms with E-state index in [0.29, 0.717) is 54.9 Å². The van der Waals surface area contributed by atoms with Crippen LogP contribution in [-0.4, -0.2) is 101 Å². The van der Waals surface area contributed by atoms with Crippen LogP contribution >= 0.6 is 0 Å². The van der Waals surface area contributed by atoms with Crippen LogP contribution in [0.25, 0.3) is 11.0 Å². The molecule has 2 aromatic rings. The number of aliphatic imine (C=N–C) groups is 1. The molecule has 15 heteroatoms. The van der Waals surface area contributed by atoms with Gasteiger partial charge in [0.2, 0.25) is 29.6 Å². The minimum Gasteiger partial charge on any atom is -0.384 e. The van der Waals surface area contributed by atoms with E-state index in [1.54, 1.807) is 19.6 Å². The molecule has 2 aromatic heterocycles. The second-order valence-electron chi connectivity index (χ2n) is 15.5. The number of H-pyrrole nitrogens is 1. The number of anilines is 1. The molecule has 4 fully saturated rings. The summed E-state index contributed by atoms with van der Waals surface area (Å²) in [5.41, 5.74) is 3.30. The van der Waals surface area contributed by atoms with E-state index in [4.69, 9.17) is 9.72 Å². The van der Waals surface area contributed by atoms with Crippen molar-refractivity contribution in [2.24, 2.45) is 16.8 Å². The van der Waals surface area contributed by atoms with Gasteiger partial charge in [0, 0.05) is 75.1 Å². The van der Waals surface area contributed by atoms with Crippen LogP contribution in [0.3, 0.4) is 0 Å². The number of aromatic nitrogens is 3. The van der Waals surface area contributed by atoms with Crippen LogP contribution in [0.15, 0.2) is 66.0 Å². The van der Waals surface area contributed by atoms with Gasteiger partial charge in [0.25, 0.3) is 5.92 Å². The van der Waals surface area contributed by atoms with E-state index >= 15 is 0 Å². The molecule has 8 rings (SSSR count). The predicted molar refractivity (Wildman–Crippen MR) is 196 cm³/mol. The lowest BCUT2D eigenvalue weighted by molar-refractivity contribution is -0.710. The number of carbonyl (C=O) groups is 2. The summed E-state index contributed by atoms with van der Waals surface area (Å²) in [5.74, 6) is -1.75. The molecule has 53 heavy (non-hydrogen) atoms. The smallest absolute Gasteiger partial charge is 0.256 e. The first kappa shape index (κ1) is 35.3. The van der Waals surface area contributed by atoms with Crippen molar-refractivity contribution in [3.8, 4) is 0 Å². The van der Waals surface area contributed by atoms with E-state index in [9.17, 15) is 18.4 Å². The van der Waals surface area contributed by atoms with E-state index in [0.717, 1.165) is 36.1 Å². The zero-order valence-electron chi connectivity index (χ0n) is 30.4. The van der Waals surface area contributed by atoms with Crippen LogP contribution < -0.4 is 25.8 Å². The minimum absolute atomic E-state index is 0.00533. The Morgan fingerprint density at radius 1 is 1.11 bits per heavy atom. The van der Waals surface area contributed by atoms with Gasteiger partial charge in [-0.25, -0.2) is 18.3 Å². The van der Waals surface area contributed by atoms with Crippen LogP contribution in [-0.2, 0) is 14.3 Å². The van der Waals surface area contributed by atoms with Crippen molar-refractivity contribution in [2.45, 2.75) is 94.2 Å². The summed E-state index contributed by atoms with van der Waals surface area (Å²) in [6.45, 7) is 13.2. The summed E-state index contributed by atoms with van der Waals surface area (Å²) in [6.07, 6.45) is 12.6. The predicted octanol–water partition coefficient (Wildman–Crippen LogP) is 3.20. The quantitative estimate of drug-likeness (QED) is 0.175. The number of nitrogens with one attached hydrogen (secondary N) is 5. The van der Waals surface area contributed by atoms with Crippen LogP contribution in [0.4, 0.5) is 14.6 Å². The Labute approximate surface area is 307 Å². The highest BCUT2D eigenvalue weighted by Crippen LogP contribution is 2.56. The van der Waals surface area contributed by atoms with E-state index in [2.05, 4.69) is 62.1 Å². The average Bonchev–Trinajstić information content (AvgIpc) is 3.90. The number of amides is 2. The summed E-state index contributed by atoms with van der Waals surface area (Å²) in [6, 6.07) is -0.546. The number of ether oxygens (including phenoxy) is 1. The van der Waals surface area contributed by atoms with Crippen LogP contribution in [0.1, 0.15) is 63.5 Å². The molecule has 13 nitrogen and oxygen atoms in total. The van der Waals surface area contributed by atoms with Crippen LogP contribution in [0.2, 0.25) is 0 Å². The van der Waals surface area contributed by atoms with Crippen molar-refractivity contribution in [1.29, 1.82) is 0 Å². The first-order valence-electron chi connectivity index (χ1n) is 18.7. The minimum atomic E-state index is -2.73. The Balaban J connectivity index is 1.13. The maximum absolute atomic E-state index is 14.3. The van der Waals surface area contributed by atoms with E-state index in [1.165, 1.54) is 17.7 Å². The van der Waals surface area contributed by atoms with Gasteiger partial charge in [-0.3, -0.25) is 14.6 Å². The molecule has 0 radical (unpaired) electrons. The highest BCUT2D eigenvalue weighted by Gasteiger charge is 2.60. The van der Waals surface area contributed by atoms with Crippen molar-refractivity contribution >= 4 is 35.0 Å². The number of piperidine rings is 2. The molecular formula is C38H49F2N10O3+. The van der Waals surface area contributed by atoms with Gasteiger partial charge in [0.15, 0.2) is 0 Å². The van der Waals surface area contributed by atoms with E-state index in [1.807, 2.05) is 23.1 Å². The third kappa shape index (κ3) is 6.36. The van der Waals surface area contributed by atoms with Crippen molar-refractivity contribution in [1.82, 2.24) is 35.7 Å². The number of likely N-dealkylation sites (tertiary alicyclic amines) is 2. The number of halogens is 2. The fourth-order valence-electron chi connectivity index (χ4n) is 8.98. The van der Waals surface area contributed by atoms with Crippen molar-refractivity contribution in [2.75, 3.05) is 32.1 Å². The zero-order chi connectivity index (χ0) is 37.2. The molecule has 2 saturated heterocycles. The normalized spacial score (nSPS) is 32.7. The third-order valence-electron chi connectivity index (χ3n) is 12.1. The molecule has 9 atom stereocenters. The zero-order valence-corrected chi connectivity index (χ0v) is 30.4. The first-order chi connectivity index (χ1) is 25.5. The van der Waals surface area contributed by atoms with Crippen molar-refractivity contribution < 1.29 is 27.7 Å². The van der Waals surface area contributed by atoms with Gasteiger partial charge in [0.05, 0.1) is 24.5 Å². The van der Waals surface area contributed by atoms with Crippen molar-refractivity contribution in [3.63, 3.8) is 0 Å². The molecule has 2 saturated carbocycles. The summed E-state index contributed by atoms with van der Waals surface area (Å²) in [7, 11) is 1.73. The molecule has 3 unspecified atom stereocenters. The lowest BCUT2D eigenvalue weighted by Gasteiger charge is -2.43. The molecule has 0 bridgehead atoms. The summed E-state index contributed by atoms with van der Waals surface area (Å²) < 4.78 is 36.2. The number of rotatable bonds is 11. The largest absolute Gasteiger partial charge is 0.384 e. The van der Waals surface area contributed by atoms with Crippen molar-refractivity contribution in [3.05, 3.63) is 66.6 Å².